The molecule has 0 aliphatic heterocycles. The number of hydrogen-bond donors (Lipinski definition) is 1. The number of benzene rings is 1. The van der Waals surface area contributed by atoms with Crippen molar-refractivity contribution in [1.29, 1.82) is 0 Å². The van der Waals surface area contributed by atoms with Gasteiger partial charge in [-0.1, -0.05) is 12.1 Å². The summed E-state index contributed by atoms with van der Waals surface area (Å²) in [5.41, 5.74) is 0.624. The summed E-state index contributed by atoms with van der Waals surface area (Å²) in [5, 5.41) is 2.72. The molecule has 0 spiro atoms. The van der Waals surface area contributed by atoms with Crippen molar-refractivity contribution in [3.8, 4) is 0 Å². The van der Waals surface area contributed by atoms with E-state index in [1.54, 1.807) is 31.4 Å². The van der Waals surface area contributed by atoms with Crippen molar-refractivity contribution >= 4 is 5.91 Å². The van der Waals surface area contributed by atoms with E-state index in [1.807, 2.05) is 0 Å². The molecule has 1 N–H and O–H groups in total. The van der Waals surface area contributed by atoms with E-state index in [9.17, 15) is 4.79 Å². The number of methoxy groups -OCH3 is 1. The summed E-state index contributed by atoms with van der Waals surface area (Å²) in [4.78, 5) is 11.3. The Morgan fingerprint density at radius 1 is 1.69 bits per heavy atom. The molecule has 1 aromatic rings. The van der Waals surface area contributed by atoms with Crippen molar-refractivity contribution in [3.63, 3.8) is 0 Å². The Bertz CT molecular complexity index is 259. The van der Waals surface area contributed by atoms with Crippen molar-refractivity contribution in [2.75, 3.05) is 20.3 Å². The van der Waals surface area contributed by atoms with E-state index in [0.717, 1.165) is 0 Å². The lowest BCUT2D eigenvalue weighted by Crippen LogP contribution is -2.26. The minimum absolute atomic E-state index is 0.0890. The average Bonchev–Trinajstić information content (AvgIpc) is 2.19. The van der Waals surface area contributed by atoms with Gasteiger partial charge >= 0.3 is 0 Å². The summed E-state index contributed by atoms with van der Waals surface area (Å²) in [6.07, 6.45) is 0. The molecule has 1 rings (SSSR count). The highest BCUT2D eigenvalue weighted by Gasteiger charge is 2.01. The zero-order valence-corrected chi connectivity index (χ0v) is 7.54. The maximum atomic E-state index is 11.3. The molecule has 0 unspecified atom stereocenters. The maximum Gasteiger partial charge on any atom is 0.251 e. The van der Waals surface area contributed by atoms with Gasteiger partial charge in [-0.3, -0.25) is 4.79 Å². The molecule has 3 nitrogen and oxygen atoms in total. The molecular formula is C10H12NO2. The van der Waals surface area contributed by atoms with Crippen molar-refractivity contribution in [2.24, 2.45) is 0 Å². The highest BCUT2D eigenvalue weighted by atomic mass is 16.5. The summed E-state index contributed by atoms with van der Waals surface area (Å²) in [6.45, 7) is 1.06. The molecule has 3 heteroatoms. The lowest BCUT2D eigenvalue weighted by molar-refractivity contribution is 0.0937. The normalized spacial score (nSPS) is 9.62. The van der Waals surface area contributed by atoms with E-state index in [1.165, 1.54) is 0 Å². The van der Waals surface area contributed by atoms with E-state index < -0.39 is 0 Å². The molecule has 0 heterocycles. The fourth-order valence-corrected chi connectivity index (χ4v) is 0.903. The van der Waals surface area contributed by atoms with Gasteiger partial charge in [-0.15, -0.1) is 0 Å². The third-order valence-electron chi connectivity index (χ3n) is 1.56. The SMILES string of the molecule is COCCNC(=O)c1c[c]ccc1. The van der Waals surface area contributed by atoms with Crippen LogP contribution >= 0.6 is 0 Å². The molecule has 0 fully saturated rings. The van der Waals surface area contributed by atoms with Gasteiger partial charge in [-0.25, -0.2) is 0 Å². The molecule has 0 saturated carbocycles. The van der Waals surface area contributed by atoms with Crippen LogP contribution < -0.4 is 5.32 Å². The first-order valence-electron chi connectivity index (χ1n) is 4.08. The molecule has 0 atom stereocenters. The van der Waals surface area contributed by atoms with E-state index in [2.05, 4.69) is 11.4 Å². The largest absolute Gasteiger partial charge is 0.383 e. The first kappa shape index (κ1) is 9.74. The Hall–Kier alpha value is -1.35. The molecule has 0 saturated heterocycles. The topological polar surface area (TPSA) is 38.3 Å². The van der Waals surface area contributed by atoms with Gasteiger partial charge in [0.1, 0.15) is 0 Å². The highest BCUT2D eigenvalue weighted by molar-refractivity contribution is 5.93. The van der Waals surface area contributed by atoms with Crippen molar-refractivity contribution < 1.29 is 9.53 Å². The summed E-state index contributed by atoms with van der Waals surface area (Å²) in [7, 11) is 1.60. The van der Waals surface area contributed by atoms with Crippen LogP contribution in [0.5, 0.6) is 0 Å². The Balaban J connectivity index is 2.40. The molecule has 13 heavy (non-hydrogen) atoms. The molecule has 1 amide bonds. The van der Waals surface area contributed by atoms with Gasteiger partial charge in [0.25, 0.3) is 5.91 Å². The van der Waals surface area contributed by atoms with Gasteiger partial charge in [0.05, 0.1) is 6.61 Å². The third-order valence-corrected chi connectivity index (χ3v) is 1.56. The minimum Gasteiger partial charge on any atom is -0.383 e. The summed E-state index contributed by atoms with van der Waals surface area (Å²) in [5.74, 6) is -0.0890. The second kappa shape index (κ2) is 5.32. The molecule has 1 radical (unpaired) electrons. The fraction of sp³-hybridized carbons (Fsp3) is 0.300. The van der Waals surface area contributed by atoms with Crippen LogP contribution in [0, 0.1) is 6.07 Å². The van der Waals surface area contributed by atoms with Gasteiger partial charge in [0.15, 0.2) is 0 Å². The van der Waals surface area contributed by atoms with Crippen LogP contribution in [0.3, 0.4) is 0 Å². The van der Waals surface area contributed by atoms with Crippen molar-refractivity contribution in [3.05, 3.63) is 35.9 Å². The Labute approximate surface area is 77.7 Å². The first-order valence-corrected chi connectivity index (χ1v) is 4.08. The molecule has 0 aliphatic carbocycles. The van der Waals surface area contributed by atoms with Crippen molar-refractivity contribution in [2.45, 2.75) is 0 Å². The van der Waals surface area contributed by atoms with Gasteiger partial charge in [0.2, 0.25) is 0 Å². The van der Waals surface area contributed by atoms with Gasteiger partial charge in [-0.05, 0) is 18.2 Å². The Morgan fingerprint density at radius 2 is 2.54 bits per heavy atom. The molecular weight excluding hydrogens is 166 g/mol. The van der Waals surface area contributed by atoms with Crippen LogP contribution in [0.1, 0.15) is 10.4 Å². The summed E-state index contributed by atoms with van der Waals surface area (Å²) >= 11 is 0. The van der Waals surface area contributed by atoms with Crippen LogP contribution in [0.2, 0.25) is 0 Å². The van der Waals surface area contributed by atoms with Gasteiger partial charge in [0, 0.05) is 19.2 Å². The third kappa shape index (κ3) is 3.25. The number of carbonyl (C=O) groups excluding carboxylic acids is 1. The Kier molecular flexibility index (Phi) is 3.99. The monoisotopic (exact) mass is 178 g/mol. The molecule has 0 aromatic heterocycles. The van der Waals surface area contributed by atoms with Crippen LogP contribution in [0.4, 0.5) is 0 Å². The number of ether oxygens (including phenoxy) is 1. The average molecular weight is 178 g/mol. The maximum absolute atomic E-state index is 11.3. The lowest BCUT2D eigenvalue weighted by atomic mass is 10.2. The number of nitrogens with one attached hydrogen (secondary N) is 1. The summed E-state index contributed by atoms with van der Waals surface area (Å²) < 4.78 is 4.81. The van der Waals surface area contributed by atoms with Crippen LogP contribution in [0.15, 0.2) is 24.3 Å². The lowest BCUT2D eigenvalue weighted by Gasteiger charge is -2.03. The predicted octanol–water partition coefficient (Wildman–Crippen LogP) is 0.863. The van der Waals surface area contributed by atoms with Crippen LogP contribution in [-0.4, -0.2) is 26.2 Å². The second-order valence-electron chi connectivity index (χ2n) is 2.54. The van der Waals surface area contributed by atoms with E-state index >= 15 is 0 Å². The number of hydrogen-bond acceptors (Lipinski definition) is 2. The molecule has 69 valence electrons. The van der Waals surface area contributed by atoms with Crippen LogP contribution in [0.25, 0.3) is 0 Å². The van der Waals surface area contributed by atoms with Crippen LogP contribution in [-0.2, 0) is 4.74 Å². The van der Waals surface area contributed by atoms with Gasteiger partial charge in [-0.2, -0.15) is 0 Å². The zero-order valence-electron chi connectivity index (χ0n) is 7.54. The number of carbonyl (C=O) groups is 1. The predicted molar refractivity (Wildman–Crippen MR) is 49.5 cm³/mol. The standard InChI is InChI=1S/C10H12NO2/c1-13-8-7-11-10(12)9-5-3-2-4-6-9/h2-3,5-6H,7-8H2,1H3,(H,11,12). The molecule has 0 aliphatic rings. The molecule has 0 bridgehead atoms. The minimum atomic E-state index is -0.0890. The first-order chi connectivity index (χ1) is 6.34. The van der Waals surface area contributed by atoms with E-state index in [0.29, 0.717) is 18.7 Å². The number of amides is 1. The zero-order chi connectivity index (χ0) is 9.52. The smallest absolute Gasteiger partial charge is 0.251 e. The van der Waals surface area contributed by atoms with E-state index in [4.69, 9.17) is 4.74 Å². The van der Waals surface area contributed by atoms with Crippen molar-refractivity contribution in [1.82, 2.24) is 5.32 Å². The highest BCUT2D eigenvalue weighted by Crippen LogP contribution is 1.96. The fourth-order valence-electron chi connectivity index (χ4n) is 0.903. The van der Waals surface area contributed by atoms with Gasteiger partial charge < -0.3 is 10.1 Å². The quantitative estimate of drug-likeness (QED) is 0.694. The van der Waals surface area contributed by atoms with E-state index in [-0.39, 0.29) is 5.91 Å². The second-order valence-corrected chi connectivity index (χ2v) is 2.54. The molecule has 1 aromatic carbocycles. The number of rotatable bonds is 4. The Morgan fingerprint density at radius 3 is 3.15 bits per heavy atom. The summed E-state index contributed by atoms with van der Waals surface area (Å²) in [6, 6.07) is 9.78.